The molecule has 0 spiro atoms. The van der Waals surface area contributed by atoms with Crippen LogP contribution in [-0.4, -0.2) is 32.4 Å². The van der Waals surface area contributed by atoms with Gasteiger partial charge in [0, 0.05) is 19.2 Å². The highest BCUT2D eigenvalue weighted by Crippen LogP contribution is 2.30. The van der Waals surface area contributed by atoms with E-state index in [1.54, 1.807) is 7.11 Å². The Morgan fingerprint density at radius 3 is 2.53 bits per heavy atom. The Morgan fingerprint density at radius 1 is 1.29 bits per heavy atom. The highest BCUT2D eigenvalue weighted by Gasteiger charge is 2.23. The number of hydrogen-bond acceptors (Lipinski definition) is 4. The Kier molecular flexibility index (Phi) is 3.43. The van der Waals surface area contributed by atoms with Gasteiger partial charge >= 0.3 is 0 Å². The van der Waals surface area contributed by atoms with Crippen molar-refractivity contribution < 1.29 is 9.47 Å². The van der Waals surface area contributed by atoms with Crippen molar-refractivity contribution in [3.05, 3.63) is 18.2 Å². The zero-order chi connectivity index (χ0) is 12.4. The Labute approximate surface area is 102 Å². The molecule has 0 aromatic heterocycles. The zero-order valence-corrected chi connectivity index (χ0v) is 10.6. The monoisotopic (exact) mass is 236 g/mol. The first-order chi connectivity index (χ1) is 8.10. The number of ether oxygens (including phenoxy) is 2. The normalized spacial score (nSPS) is 24.8. The van der Waals surface area contributed by atoms with Gasteiger partial charge in [0.2, 0.25) is 0 Å². The lowest BCUT2D eigenvalue weighted by molar-refractivity contribution is -0.00518. The predicted octanol–water partition coefficient (Wildman–Crippen LogP) is 1.89. The molecule has 94 valence electrons. The summed E-state index contributed by atoms with van der Waals surface area (Å²) in [6.45, 7) is 5.89. The SMILES string of the molecule is COc1ccc(N)c(N2CC(C)OC(C)C2)c1. The van der Waals surface area contributed by atoms with E-state index in [2.05, 4.69) is 18.7 Å². The molecule has 2 rings (SSSR count). The molecule has 2 N–H and O–H groups in total. The lowest BCUT2D eigenvalue weighted by Gasteiger charge is -2.37. The van der Waals surface area contributed by atoms with Crippen molar-refractivity contribution in [2.24, 2.45) is 0 Å². The van der Waals surface area contributed by atoms with Crippen molar-refractivity contribution >= 4 is 11.4 Å². The van der Waals surface area contributed by atoms with E-state index in [0.717, 1.165) is 30.2 Å². The van der Waals surface area contributed by atoms with Crippen molar-refractivity contribution in [2.75, 3.05) is 30.8 Å². The van der Waals surface area contributed by atoms with Crippen LogP contribution >= 0.6 is 0 Å². The highest BCUT2D eigenvalue weighted by molar-refractivity contribution is 5.70. The van der Waals surface area contributed by atoms with Gasteiger partial charge < -0.3 is 20.1 Å². The lowest BCUT2D eigenvalue weighted by Crippen LogP contribution is -2.45. The van der Waals surface area contributed by atoms with E-state index in [1.807, 2.05) is 18.2 Å². The second kappa shape index (κ2) is 4.84. The largest absolute Gasteiger partial charge is 0.497 e. The van der Waals surface area contributed by atoms with Crippen LogP contribution in [0, 0.1) is 0 Å². The summed E-state index contributed by atoms with van der Waals surface area (Å²) in [5.74, 6) is 0.834. The third kappa shape index (κ3) is 2.64. The smallest absolute Gasteiger partial charge is 0.121 e. The average molecular weight is 236 g/mol. The van der Waals surface area contributed by atoms with Gasteiger partial charge in [0.1, 0.15) is 5.75 Å². The standard InChI is InChI=1S/C13H20N2O2/c1-9-7-15(8-10(2)17-9)13-6-11(16-3)4-5-12(13)14/h4-6,9-10H,7-8,14H2,1-3H3. The maximum Gasteiger partial charge on any atom is 0.121 e. The molecular weight excluding hydrogens is 216 g/mol. The van der Waals surface area contributed by atoms with Crippen LogP contribution < -0.4 is 15.4 Å². The zero-order valence-electron chi connectivity index (χ0n) is 10.6. The predicted molar refractivity (Wildman–Crippen MR) is 69.6 cm³/mol. The van der Waals surface area contributed by atoms with Crippen molar-refractivity contribution in [1.82, 2.24) is 0 Å². The van der Waals surface area contributed by atoms with Gasteiger partial charge in [0.25, 0.3) is 0 Å². The molecule has 1 fully saturated rings. The van der Waals surface area contributed by atoms with E-state index >= 15 is 0 Å². The van der Waals surface area contributed by atoms with Gasteiger partial charge in [0.15, 0.2) is 0 Å². The molecule has 1 aromatic rings. The molecule has 1 aromatic carbocycles. The molecule has 1 saturated heterocycles. The molecule has 0 saturated carbocycles. The van der Waals surface area contributed by atoms with Crippen molar-refractivity contribution in [3.63, 3.8) is 0 Å². The summed E-state index contributed by atoms with van der Waals surface area (Å²) in [7, 11) is 1.67. The second-order valence-electron chi connectivity index (χ2n) is 4.59. The van der Waals surface area contributed by atoms with E-state index in [1.165, 1.54) is 0 Å². The average Bonchev–Trinajstić information content (AvgIpc) is 2.28. The van der Waals surface area contributed by atoms with Crippen molar-refractivity contribution in [1.29, 1.82) is 0 Å². The molecule has 0 amide bonds. The van der Waals surface area contributed by atoms with E-state index in [9.17, 15) is 0 Å². The summed E-state index contributed by atoms with van der Waals surface area (Å²) in [5.41, 5.74) is 7.85. The molecular formula is C13H20N2O2. The fourth-order valence-electron chi connectivity index (χ4n) is 2.30. The third-order valence-corrected chi connectivity index (χ3v) is 3.00. The first-order valence-corrected chi connectivity index (χ1v) is 5.94. The summed E-state index contributed by atoms with van der Waals surface area (Å²) in [6.07, 6.45) is 0.453. The van der Waals surface area contributed by atoms with Crippen LogP contribution in [-0.2, 0) is 4.74 Å². The molecule has 2 unspecified atom stereocenters. The molecule has 2 atom stereocenters. The van der Waals surface area contributed by atoms with Crippen LogP contribution in [0.5, 0.6) is 5.75 Å². The Balaban J connectivity index is 2.26. The van der Waals surface area contributed by atoms with Gasteiger partial charge in [-0.2, -0.15) is 0 Å². The Morgan fingerprint density at radius 2 is 1.94 bits per heavy atom. The maximum absolute atomic E-state index is 6.03. The van der Waals surface area contributed by atoms with E-state index in [0.29, 0.717) is 0 Å². The lowest BCUT2D eigenvalue weighted by atomic mass is 10.1. The van der Waals surface area contributed by atoms with Gasteiger partial charge in [-0.25, -0.2) is 0 Å². The van der Waals surface area contributed by atoms with E-state index in [4.69, 9.17) is 15.2 Å². The minimum atomic E-state index is 0.226. The van der Waals surface area contributed by atoms with Gasteiger partial charge in [0.05, 0.1) is 30.7 Å². The minimum absolute atomic E-state index is 0.226. The highest BCUT2D eigenvalue weighted by atomic mass is 16.5. The summed E-state index contributed by atoms with van der Waals surface area (Å²) in [5, 5.41) is 0. The number of morpholine rings is 1. The number of anilines is 2. The number of nitrogens with zero attached hydrogens (tertiary/aromatic N) is 1. The van der Waals surface area contributed by atoms with Gasteiger partial charge in [-0.3, -0.25) is 0 Å². The molecule has 1 aliphatic rings. The molecule has 0 radical (unpaired) electrons. The molecule has 1 heterocycles. The van der Waals surface area contributed by atoms with Crippen molar-refractivity contribution in [2.45, 2.75) is 26.1 Å². The molecule has 0 aliphatic carbocycles. The second-order valence-corrected chi connectivity index (χ2v) is 4.59. The van der Waals surface area contributed by atoms with Crippen molar-refractivity contribution in [3.8, 4) is 5.75 Å². The topological polar surface area (TPSA) is 47.7 Å². The molecule has 17 heavy (non-hydrogen) atoms. The Hall–Kier alpha value is -1.42. The van der Waals surface area contributed by atoms with Crippen LogP contribution in [0.2, 0.25) is 0 Å². The molecule has 4 heteroatoms. The number of nitrogens with two attached hydrogens (primary N) is 1. The number of methoxy groups -OCH3 is 1. The van der Waals surface area contributed by atoms with Crippen LogP contribution in [0.15, 0.2) is 18.2 Å². The molecule has 0 bridgehead atoms. The first kappa shape index (κ1) is 12.0. The first-order valence-electron chi connectivity index (χ1n) is 5.94. The summed E-state index contributed by atoms with van der Waals surface area (Å²) >= 11 is 0. The van der Waals surface area contributed by atoms with Crippen LogP contribution in [0.4, 0.5) is 11.4 Å². The minimum Gasteiger partial charge on any atom is -0.497 e. The maximum atomic E-state index is 6.03. The fraction of sp³-hybridized carbons (Fsp3) is 0.538. The third-order valence-electron chi connectivity index (χ3n) is 3.00. The number of rotatable bonds is 2. The summed E-state index contributed by atoms with van der Waals surface area (Å²) < 4.78 is 11.0. The van der Waals surface area contributed by atoms with Gasteiger partial charge in [-0.05, 0) is 26.0 Å². The van der Waals surface area contributed by atoms with E-state index < -0.39 is 0 Å². The van der Waals surface area contributed by atoms with E-state index in [-0.39, 0.29) is 12.2 Å². The Bertz CT molecular complexity index is 385. The number of nitrogen functional groups attached to an aromatic ring is 1. The molecule has 1 aliphatic heterocycles. The van der Waals surface area contributed by atoms with Gasteiger partial charge in [-0.15, -0.1) is 0 Å². The number of hydrogen-bond donors (Lipinski definition) is 1. The van der Waals surface area contributed by atoms with Crippen LogP contribution in [0.25, 0.3) is 0 Å². The fourth-order valence-corrected chi connectivity index (χ4v) is 2.30. The molecule has 4 nitrogen and oxygen atoms in total. The quantitative estimate of drug-likeness (QED) is 0.797. The summed E-state index contributed by atoms with van der Waals surface area (Å²) in [6, 6.07) is 5.76. The summed E-state index contributed by atoms with van der Waals surface area (Å²) in [4.78, 5) is 2.26. The van der Waals surface area contributed by atoms with Crippen LogP contribution in [0.3, 0.4) is 0 Å². The van der Waals surface area contributed by atoms with Crippen LogP contribution in [0.1, 0.15) is 13.8 Å². The van der Waals surface area contributed by atoms with Gasteiger partial charge in [-0.1, -0.05) is 0 Å². The number of benzene rings is 1.